The Kier molecular flexibility index (Phi) is 2.10. The molecule has 1 aliphatic rings. The quantitative estimate of drug-likeness (QED) is 0.681. The lowest BCUT2D eigenvalue weighted by atomic mass is 9.88. The standard InChI is InChI=1S/C11H15NO/c12-11(8-4-7-10(11)13)9-5-2-1-3-6-9/h1-3,5-6,10,13H,4,7-8,12H2. The van der Waals surface area contributed by atoms with Gasteiger partial charge in [0.05, 0.1) is 11.6 Å². The fourth-order valence-corrected chi connectivity index (χ4v) is 2.10. The lowest BCUT2D eigenvalue weighted by Gasteiger charge is -2.28. The van der Waals surface area contributed by atoms with Crippen molar-refractivity contribution in [2.45, 2.75) is 30.9 Å². The molecule has 2 rings (SSSR count). The third kappa shape index (κ3) is 1.36. The van der Waals surface area contributed by atoms with Crippen molar-refractivity contribution in [3.63, 3.8) is 0 Å². The topological polar surface area (TPSA) is 46.2 Å². The highest BCUT2D eigenvalue weighted by atomic mass is 16.3. The summed E-state index contributed by atoms with van der Waals surface area (Å²) in [6, 6.07) is 9.89. The van der Waals surface area contributed by atoms with Crippen molar-refractivity contribution in [1.82, 2.24) is 0 Å². The minimum Gasteiger partial charge on any atom is -0.391 e. The first kappa shape index (κ1) is 8.73. The van der Waals surface area contributed by atoms with Crippen LogP contribution in [0, 0.1) is 0 Å². The van der Waals surface area contributed by atoms with Gasteiger partial charge in [0.2, 0.25) is 0 Å². The van der Waals surface area contributed by atoms with E-state index >= 15 is 0 Å². The Morgan fingerprint density at radius 1 is 1.31 bits per heavy atom. The summed E-state index contributed by atoms with van der Waals surface area (Å²) in [5.74, 6) is 0. The number of benzene rings is 1. The molecule has 3 N–H and O–H groups in total. The van der Waals surface area contributed by atoms with Gasteiger partial charge in [0.1, 0.15) is 0 Å². The molecule has 1 fully saturated rings. The predicted octanol–water partition coefficient (Wildman–Crippen LogP) is 1.39. The summed E-state index contributed by atoms with van der Waals surface area (Å²) in [6.45, 7) is 0. The van der Waals surface area contributed by atoms with Gasteiger partial charge >= 0.3 is 0 Å². The van der Waals surface area contributed by atoms with Crippen LogP contribution < -0.4 is 5.73 Å². The van der Waals surface area contributed by atoms with Gasteiger partial charge < -0.3 is 10.8 Å². The fraction of sp³-hybridized carbons (Fsp3) is 0.455. The zero-order valence-electron chi connectivity index (χ0n) is 7.61. The van der Waals surface area contributed by atoms with E-state index in [1.165, 1.54) is 0 Å². The number of hydrogen-bond acceptors (Lipinski definition) is 2. The minimum atomic E-state index is -0.499. The summed E-state index contributed by atoms with van der Waals surface area (Å²) in [4.78, 5) is 0. The van der Waals surface area contributed by atoms with Gasteiger partial charge in [0.25, 0.3) is 0 Å². The molecule has 0 spiro atoms. The largest absolute Gasteiger partial charge is 0.391 e. The van der Waals surface area contributed by atoms with E-state index in [9.17, 15) is 5.11 Å². The number of nitrogens with two attached hydrogens (primary N) is 1. The normalized spacial score (nSPS) is 33.5. The van der Waals surface area contributed by atoms with Gasteiger partial charge in [-0.15, -0.1) is 0 Å². The average Bonchev–Trinajstić information content (AvgIpc) is 2.50. The van der Waals surface area contributed by atoms with Crippen molar-refractivity contribution in [3.05, 3.63) is 35.9 Å². The molecule has 0 aromatic heterocycles. The Bertz CT molecular complexity index is 285. The molecule has 1 aromatic carbocycles. The van der Waals surface area contributed by atoms with Gasteiger partial charge in [0, 0.05) is 0 Å². The van der Waals surface area contributed by atoms with E-state index in [0.29, 0.717) is 0 Å². The first-order valence-corrected chi connectivity index (χ1v) is 4.76. The van der Waals surface area contributed by atoms with E-state index in [1.807, 2.05) is 30.3 Å². The third-order valence-electron chi connectivity index (χ3n) is 2.97. The van der Waals surface area contributed by atoms with Gasteiger partial charge in [-0.25, -0.2) is 0 Å². The summed E-state index contributed by atoms with van der Waals surface area (Å²) in [7, 11) is 0. The van der Waals surface area contributed by atoms with Crippen LogP contribution >= 0.6 is 0 Å². The molecule has 13 heavy (non-hydrogen) atoms. The first-order valence-electron chi connectivity index (χ1n) is 4.76. The predicted molar refractivity (Wildman–Crippen MR) is 52.2 cm³/mol. The Morgan fingerprint density at radius 3 is 2.54 bits per heavy atom. The van der Waals surface area contributed by atoms with Crippen LogP contribution in [0.3, 0.4) is 0 Å². The number of hydrogen-bond donors (Lipinski definition) is 2. The minimum absolute atomic E-state index is 0.380. The molecule has 0 heterocycles. The van der Waals surface area contributed by atoms with Crippen LogP contribution in [0.5, 0.6) is 0 Å². The maximum Gasteiger partial charge on any atom is 0.0761 e. The molecule has 70 valence electrons. The van der Waals surface area contributed by atoms with Gasteiger partial charge in [-0.1, -0.05) is 30.3 Å². The first-order chi connectivity index (χ1) is 6.23. The summed E-state index contributed by atoms with van der Waals surface area (Å²) >= 11 is 0. The zero-order chi connectivity index (χ0) is 9.31. The van der Waals surface area contributed by atoms with E-state index in [2.05, 4.69) is 0 Å². The van der Waals surface area contributed by atoms with E-state index in [4.69, 9.17) is 5.73 Å². The molecule has 1 saturated carbocycles. The highest BCUT2D eigenvalue weighted by molar-refractivity contribution is 5.26. The Hall–Kier alpha value is -0.860. The Labute approximate surface area is 78.4 Å². The summed E-state index contributed by atoms with van der Waals surface area (Å²) in [5, 5.41) is 9.78. The summed E-state index contributed by atoms with van der Waals surface area (Å²) in [6.07, 6.45) is 2.35. The number of rotatable bonds is 1. The van der Waals surface area contributed by atoms with Crippen molar-refractivity contribution in [1.29, 1.82) is 0 Å². The fourth-order valence-electron chi connectivity index (χ4n) is 2.10. The zero-order valence-corrected chi connectivity index (χ0v) is 7.61. The van der Waals surface area contributed by atoms with Crippen molar-refractivity contribution in [3.8, 4) is 0 Å². The molecule has 2 nitrogen and oxygen atoms in total. The van der Waals surface area contributed by atoms with E-state index in [1.54, 1.807) is 0 Å². The second kappa shape index (κ2) is 3.13. The molecular formula is C11H15NO. The van der Waals surface area contributed by atoms with Crippen LogP contribution in [0.15, 0.2) is 30.3 Å². The van der Waals surface area contributed by atoms with Crippen LogP contribution in [-0.2, 0) is 5.54 Å². The molecule has 2 atom stereocenters. The van der Waals surface area contributed by atoms with Crippen molar-refractivity contribution in [2.75, 3.05) is 0 Å². The van der Waals surface area contributed by atoms with Crippen molar-refractivity contribution in [2.24, 2.45) is 5.73 Å². The smallest absolute Gasteiger partial charge is 0.0761 e. The molecule has 0 saturated heterocycles. The summed E-state index contributed by atoms with van der Waals surface area (Å²) < 4.78 is 0. The van der Waals surface area contributed by atoms with Crippen LogP contribution in [0.2, 0.25) is 0 Å². The number of aliphatic hydroxyl groups is 1. The van der Waals surface area contributed by atoms with Crippen LogP contribution in [0.4, 0.5) is 0 Å². The number of aliphatic hydroxyl groups excluding tert-OH is 1. The maximum absolute atomic E-state index is 9.78. The van der Waals surface area contributed by atoms with Crippen LogP contribution in [0.1, 0.15) is 24.8 Å². The maximum atomic E-state index is 9.78. The molecule has 0 bridgehead atoms. The average molecular weight is 177 g/mol. The van der Waals surface area contributed by atoms with Crippen LogP contribution in [-0.4, -0.2) is 11.2 Å². The molecule has 1 aliphatic carbocycles. The van der Waals surface area contributed by atoms with E-state index in [-0.39, 0.29) is 6.10 Å². The molecule has 0 amide bonds. The second-order valence-corrected chi connectivity index (χ2v) is 3.81. The highest BCUT2D eigenvalue weighted by Crippen LogP contribution is 2.36. The molecule has 2 heteroatoms. The molecule has 0 radical (unpaired) electrons. The molecule has 0 aliphatic heterocycles. The third-order valence-corrected chi connectivity index (χ3v) is 2.97. The van der Waals surface area contributed by atoms with Gasteiger partial charge in [-0.05, 0) is 24.8 Å². The van der Waals surface area contributed by atoms with Gasteiger partial charge in [0.15, 0.2) is 0 Å². The molecular weight excluding hydrogens is 162 g/mol. The van der Waals surface area contributed by atoms with E-state index < -0.39 is 5.54 Å². The lowest BCUT2D eigenvalue weighted by molar-refractivity contribution is 0.109. The molecule has 2 unspecified atom stereocenters. The van der Waals surface area contributed by atoms with Crippen molar-refractivity contribution >= 4 is 0 Å². The molecule has 1 aromatic rings. The van der Waals surface area contributed by atoms with Gasteiger partial charge in [-0.3, -0.25) is 0 Å². The Morgan fingerprint density at radius 2 is 2.00 bits per heavy atom. The lowest BCUT2D eigenvalue weighted by Crippen LogP contribution is -2.43. The monoisotopic (exact) mass is 177 g/mol. The second-order valence-electron chi connectivity index (χ2n) is 3.81. The Balaban J connectivity index is 2.34. The van der Waals surface area contributed by atoms with Crippen LogP contribution in [0.25, 0.3) is 0 Å². The SMILES string of the molecule is NC1(c2ccccc2)CCCC1O. The highest BCUT2D eigenvalue weighted by Gasteiger charge is 2.39. The van der Waals surface area contributed by atoms with Crippen molar-refractivity contribution < 1.29 is 5.11 Å². The van der Waals surface area contributed by atoms with Gasteiger partial charge in [-0.2, -0.15) is 0 Å². The van der Waals surface area contributed by atoms with E-state index in [0.717, 1.165) is 24.8 Å². The summed E-state index contributed by atoms with van der Waals surface area (Å²) in [5.41, 5.74) is 6.73.